The van der Waals surface area contributed by atoms with Crippen molar-refractivity contribution in [2.75, 3.05) is 6.54 Å². The Morgan fingerprint density at radius 2 is 2.00 bits per heavy atom. The van der Waals surface area contributed by atoms with E-state index in [-0.39, 0.29) is 11.5 Å². The number of amides is 1. The number of carbonyl (C=O) groups excluding carboxylic acids is 1. The maximum absolute atomic E-state index is 12.8. The molecule has 1 amide bonds. The summed E-state index contributed by atoms with van der Waals surface area (Å²) in [6, 6.07) is 12.7. The molecular formula is C20H20N4O3. The van der Waals surface area contributed by atoms with Gasteiger partial charge in [-0.3, -0.25) is 14.0 Å². The van der Waals surface area contributed by atoms with E-state index in [9.17, 15) is 9.59 Å². The van der Waals surface area contributed by atoms with Crippen LogP contribution in [0, 0.1) is 6.92 Å². The number of rotatable bonds is 5. The van der Waals surface area contributed by atoms with Gasteiger partial charge in [-0.1, -0.05) is 30.3 Å². The number of nitrogens with zero attached hydrogens (tertiary/aromatic N) is 3. The highest BCUT2D eigenvalue weighted by Crippen LogP contribution is 2.20. The van der Waals surface area contributed by atoms with Gasteiger partial charge < -0.3 is 9.73 Å². The monoisotopic (exact) mass is 364 g/mol. The molecule has 0 unspecified atom stereocenters. The molecule has 4 rings (SSSR count). The zero-order valence-corrected chi connectivity index (χ0v) is 15.2. The number of carbonyl (C=O) groups is 1. The van der Waals surface area contributed by atoms with Crippen molar-refractivity contribution in [3.05, 3.63) is 70.5 Å². The third-order valence-electron chi connectivity index (χ3n) is 4.73. The van der Waals surface area contributed by atoms with E-state index in [4.69, 9.17) is 4.42 Å². The Bertz CT molecular complexity index is 1170. The van der Waals surface area contributed by atoms with Crippen LogP contribution in [0.1, 0.15) is 24.4 Å². The first-order valence-corrected chi connectivity index (χ1v) is 8.86. The molecule has 7 heteroatoms. The molecule has 7 nitrogen and oxygen atoms in total. The minimum Gasteiger partial charge on any atom is -0.463 e. The van der Waals surface area contributed by atoms with Gasteiger partial charge in [-0.25, -0.2) is 4.68 Å². The van der Waals surface area contributed by atoms with Crippen LogP contribution in [0.25, 0.3) is 16.6 Å². The Hall–Kier alpha value is -3.35. The molecule has 0 fully saturated rings. The van der Waals surface area contributed by atoms with Crippen molar-refractivity contribution in [3.8, 4) is 0 Å². The lowest BCUT2D eigenvalue weighted by molar-refractivity contribution is -0.124. The summed E-state index contributed by atoms with van der Waals surface area (Å²) in [6.45, 7) is 3.98. The molecule has 27 heavy (non-hydrogen) atoms. The lowest BCUT2D eigenvalue weighted by Crippen LogP contribution is -2.38. The van der Waals surface area contributed by atoms with E-state index >= 15 is 0 Å². The number of fused-ring (bicyclic) bond motifs is 3. The topological polar surface area (TPSA) is 81.5 Å². The van der Waals surface area contributed by atoms with Crippen LogP contribution in [0.4, 0.5) is 0 Å². The Morgan fingerprint density at radius 3 is 2.78 bits per heavy atom. The average Bonchev–Trinajstić information content (AvgIpc) is 3.26. The van der Waals surface area contributed by atoms with Crippen molar-refractivity contribution in [2.24, 2.45) is 0 Å². The van der Waals surface area contributed by atoms with Gasteiger partial charge in [0.25, 0.3) is 5.56 Å². The van der Waals surface area contributed by atoms with Crippen molar-refractivity contribution < 1.29 is 9.21 Å². The maximum atomic E-state index is 12.8. The summed E-state index contributed by atoms with van der Waals surface area (Å²) in [5, 5.41) is 7.24. The Balaban J connectivity index is 1.56. The zero-order valence-electron chi connectivity index (χ0n) is 15.2. The van der Waals surface area contributed by atoms with Crippen molar-refractivity contribution in [1.82, 2.24) is 19.5 Å². The van der Waals surface area contributed by atoms with E-state index in [2.05, 4.69) is 10.4 Å². The number of aryl methyl sites for hydroxylation is 1. The summed E-state index contributed by atoms with van der Waals surface area (Å²) in [7, 11) is 0. The van der Waals surface area contributed by atoms with Gasteiger partial charge in [0, 0.05) is 18.7 Å². The quantitative estimate of drug-likeness (QED) is 0.590. The molecule has 0 radical (unpaired) electrons. The highest BCUT2D eigenvalue weighted by molar-refractivity contribution is 5.83. The summed E-state index contributed by atoms with van der Waals surface area (Å²) in [5.41, 5.74) is 2.68. The van der Waals surface area contributed by atoms with Gasteiger partial charge in [0.2, 0.25) is 5.91 Å². The van der Waals surface area contributed by atoms with E-state index in [1.165, 1.54) is 4.68 Å². The van der Waals surface area contributed by atoms with Crippen molar-refractivity contribution in [3.63, 3.8) is 0 Å². The smallest absolute Gasteiger partial charge is 0.291 e. The highest BCUT2D eigenvalue weighted by Gasteiger charge is 2.21. The molecule has 1 atom stereocenters. The Morgan fingerprint density at radius 1 is 1.22 bits per heavy atom. The SMILES string of the molecule is Cc1nn([C@@H](C)C(=O)NCCc2ccccc2)c(=O)c2cc3occc3n12. The van der Waals surface area contributed by atoms with Crippen LogP contribution in [-0.2, 0) is 11.2 Å². The van der Waals surface area contributed by atoms with E-state index in [0.717, 1.165) is 17.5 Å². The predicted molar refractivity (Wildman–Crippen MR) is 102 cm³/mol. The molecule has 0 bridgehead atoms. The fourth-order valence-corrected chi connectivity index (χ4v) is 3.29. The number of furan rings is 1. The standard InChI is InChI=1S/C20H20N4O3/c1-13(19(25)21-10-8-15-6-4-3-5-7-15)24-20(26)17-12-18-16(9-11-27-18)23(17)14(2)22-24/h3-7,9,11-13H,8,10H2,1-2H3,(H,21,25)/t13-/m0/s1. The number of nitrogens with one attached hydrogen (secondary N) is 1. The molecule has 3 heterocycles. The zero-order chi connectivity index (χ0) is 19.0. The Kier molecular flexibility index (Phi) is 4.27. The molecule has 4 aromatic rings. The Labute approximate surface area is 155 Å². The molecule has 0 aliphatic rings. The first-order chi connectivity index (χ1) is 13.1. The largest absolute Gasteiger partial charge is 0.463 e. The fraction of sp³-hybridized carbons (Fsp3) is 0.250. The van der Waals surface area contributed by atoms with E-state index in [1.807, 2.05) is 30.3 Å². The summed E-state index contributed by atoms with van der Waals surface area (Å²) in [4.78, 5) is 25.4. The summed E-state index contributed by atoms with van der Waals surface area (Å²) >= 11 is 0. The minimum absolute atomic E-state index is 0.237. The van der Waals surface area contributed by atoms with Crippen LogP contribution in [0.3, 0.4) is 0 Å². The lowest BCUT2D eigenvalue weighted by Gasteiger charge is -2.15. The van der Waals surface area contributed by atoms with Gasteiger partial charge in [-0.15, -0.1) is 0 Å². The lowest BCUT2D eigenvalue weighted by atomic mass is 10.1. The van der Waals surface area contributed by atoms with E-state index in [1.54, 1.807) is 36.6 Å². The third kappa shape index (κ3) is 3.01. The molecule has 3 aromatic heterocycles. The van der Waals surface area contributed by atoms with Crippen LogP contribution in [-0.4, -0.2) is 26.6 Å². The van der Waals surface area contributed by atoms with Crippen LogP contribution < -0.4 is 10.9 Å². The number of hydrogen-bond donors (Lipinski definition) is 1. The third-order valence-corrected chi connectivity index (χ3v) is 4.73. The van der Waals surface area contributed by atoms with Crippen LogP contribution in [0.2, 0.25) is 0 Å². The molecule has 0 spiro atoms. The van der Waals surface area contributed by atoms with Crippen LogP contribution in [0.15, 0.2) is 57.9 Å². The van der Waals surface area contributed by atoms with Crippen molar-refractivity contribution in [1.29, 1.82) is 0 Å². The molecule has 0 aliphatic heterocycles. The summed E-state index contributed by atoms with van der Waals surface area (Å²) < 4.78 is 8.37. The predicted octanol–water partition coefficient (Wildman–Crippen LogP) is 2.47. The van der Waals surface area contributed by atoms with Gasteiger partial charge in [0.15, 0.2) is 5.58 Å². The molecule has 138 valence electrons. The first kappa shape index (κ1) is 17.1. The number of benzene rings is 1. The first-order valence-electron chi connectivity index (χ1n) is 8.86. The van der Waals surface area contributed by atoms with Gasteiger partial charge >= 0.3 is 0 Å². The number of aromatic nitrogens is 3. The van der Waals surface area contributed by atoms with Crippen LogP contribution >= 0.6 is 0 Å². The maximum Gasteiger partial charge on any atom is 0.291 e. The van der Waals surface area contributed by atoms with Gasteiger partial charge in [-0.05, 0) is 25.8 Å². The normalized spacial score (nSPS) is 12.5. The minimum atomic E-state index is -0.710. The fourth-order valence-electron chi connectivity index (χ4n) is 3.29. The second-order valence-electron chi connectivity index (χ2n) is 6.53. The summed E-state index contributed by atoms with van der Waals surface area (Å²) in [6.07, 6.45) is 2.31. The average molecular weight is 364 g/mol. The number of hydrogen-bond acceptors (Lipinski definition) is 4. The molecule has 0 saturated heterocycles. The molecule has 0 saturated carbocycles. The summed E-state index contributed by atoms with van der Waals surface area (Å²) in [5.74, 6) is 0.379. The van der Waals surface area contributed by atoms with Gasteiger partial charge in [0.1, 0.15) is 17.4 Å². The highest BCUT2D eigenvalue weighted by atomic mass is 16.3. The molecule has 0 aliphatic carbocycles. The second kappa shape index (κ2) is 6.75. The van der Waals surface area contributed by atoms with Gasteiger partial charge in [0.05, 0.1) is 11.8 Å². The van der Waals surface area contributed by atoms with E-state index in [0.29, 0.717) is 23.5 Å². The van der Waals surface area contributed by atoms with Gasteiger partial charge in [-0.2, -0.15) is 5.10 Å². The molecular weight excluding hydrogens is 344 g/mol. The van der Waals surface area contributed by atoms with Crippen molar-refractivity contribution in [2.45, 2.75) is 26.3 Å². The second-order valence-corrected chi connectivity index (χ2v) is 6.53. The van der Waals surface area contributed by atoms with Crippen molar-refractivity contribution >= 4 is 22.5 Å². The van der Waals surface area contributed by atoms with Crippen LogP contribution in [0.5, 0.6) is 0 Å². The molecule has 1 N–H and O–H groups in total. The molecule has 1 aromatic carbocycles. The van der Waals surface area contributed by atoms with E-state index < -0.39 is 6.04 Å².